The second-order valence-corrected chi connectivity index (χ2v) is 7.21. The molecular formula is C19H27N3O2. The zero-order valence-corrected chi connectivity index (χ0v) is 14.8. The molecule has 1 aliphatic heterocycles. The Balaban J connectivity index is 1.47. The number of urea groups is 1. The van der Waals surface area contributed by atoms with E-state index in [-0.39, 0.29) is 23.9 Å². The fourth-order valence-electron chi connectivity index (χ4n) is 3.49. The number of amides is 3. The fraction of sp³-hybridized carbons (Fsp3) is 0.579. The molecule has 2 aliphatic rings. The van der Waals surface area contributed by atoms with Gasteiger partial charge >= 0.3 is 6.03 Å². The van der Waals surface area contributed by atoms with Gasteiger partial charge in [0.05, 0.1) is 6.04 Å². The molecule has 0 radical (unpaired) electrons. The van der Waals surface area contributed by atoms with Crippen molar-refractivity contribution in [3.8, 4) is 0 Å². The highest BCUT2D eigenvalue weighted by Crippen LogP contribution is 2.32. The third-order valence-electron chi connectivity index (χ3n) is 5.24. The number of likely N-dealkylation sites (tertiary alicyclic amines) is 1. The van der Waals surface area contributed by atoms with E-state index in [1.807, 2.05) is 17.9 Å². The highest BCUT2D eigenvalue weighted by Gasteiger charge is 2.39. The number of rotatable bonds is 5. The first kappa shape index (κ1) is 16.8. The molecule has 0 aromatic heterocycles. The molecule has 0 bridgehead atoms. The first-order valence-corrected chi connectivity index (χ1v) is 8.85. The first-order valence-electron chi connectivity index (χ1n) is 8.85. The fourth-order valence-corrected chi connectivity index (χ4v) is 3.49. The Morgan fingerprint density at radius 2 is 2.08 bits per heavy atom. The predicted octanol–water partition coefficient (Wildman–Crippen LogP) is 2.67. The number of nitrogens with zero attached hydrogens (tertiary/aromatic N) is 1. The van der Waals surface area contributed by atoms with Gasteiger partial charge in [-0.1, -0.05) is 18.2 Å². The van der Waals surface area contributed by atoms with E-state index in [0.29, 0.717) is 19.0 Å². The van der Waals surface area contributed by atoms with Crippen molar-refractivity contribution in [3.05, 3.63) is 34.9 Å². The minimum Gasteiger partial charge on any atom is -0.339 e. The van der Waals surface area contributed by atoms with Crippen LogP contribution >= 0.6 is 0 Å². The molecule has 0 spiro atoms. The molecule has 1 aliphatic carbocycles. The lowest BCUT2D eigenvalue weighted by molar-refractivity contribution is -0.128. The molecule has 3 amide bonds. The summed E-state index contributed by atoms with van der Waals surface area (Å²) < 4.78 is 0. The smallest absolute Gasteiger partial charge is 0.315 e. The van der Waals surface area contributed by atoms with Crippen LogP contribution in [0.4, 0.5) is 4.79 Å². The van der Waals surface area contributed by atoms with Crippen LogP contribution < -0.4 is 10.6 Å². The summed E-state index contributed by atoms with van der Waals surface area (Å²) in [5.74, 6) is 0.480. The Morgan fingerprint density at radius 1 is 1.33 bits per heavy atom. The molecule has 24 heavy (non-hydrogen) atoms. The zero-order chi connectivity index (χ0) is 17.3. The lowest BCUT2D eigenvalue weighted by Crippen LogP contribution is -2.40. The van der Waals surface area contributed by atoms with Crippen LogP contribution in [0.2, 0.25) is 0 Å². The van der Waals surface area contributed by atoms with Crippen molar-refractivity contribution >= 4 is 11.9 Å². The van der Waals surface area contributed by atoms with Gasteiger partial charge in [0, 0.05) is 31.5 Å². The number of nitrogens with one attached hydrogen (secondary N) is 2. The highest BCUT2D eigenvalue weighted by molar-refractivity contribution is 5.79. The van der Waals surface area contributed by atoms with Crippen molar-refractivity contribution in [1.82, 2.24) is 15.5 Å². The standard InChI is InChI=1S/C19H27N3O2/c1-12-5-4-6-17(13(12)2)14(3)21-19(24)20-10-15-9-18(23)22(11-15)16-7-8-16/h4-6,14-16H,7-11H2,1-3H3,(H2,20,21,24)/t14-,15-/m0/s1. The van der Waals surface area contributed by atoms with Gasteiger partial charge in [0.1, 0.15) is 0 Å². The molecule has 2 atom stereocenters. The van der Waals surface area contributed by atoms with Crippen LogP contribution in [0.3, 0.4) is 0 Å². The maximum atomic E-state index is 12.2. The SMILES string of the molecule is Cc1cccc([C@H](C)NC(=O)NC[C@@H]2CC(=O)N(C3CC3)C2)c1C. The normalized spacial score (nSPS) is 21.7. The van der Waals surface area contributed by atoms with Crippen molar-refractivity contribution in [2.24, 2.45) is 5.92 Å². The molecule has 1 saturated heterocycles. The molecule has 130 valence electrons. The molecule has 0 unspecified atom stereocenters. The van der Waals surface area contributed by atoms with Gasteiger partial charge in [-0.3, -0.25) is 4.79 Å². The Kier molecular flexibility index (Phi) is 4.78. The highest BCUT2D eigenvalue weighted by atomic mass is 16.2. The van der Waals surface area contributed by atoms with E-state index >= 15 is 0 Å². The lowest BCUT2D eigenvalue weighted by Gasteiger charge is -2.19. The Bertz CT molecular complexity index is 639. The van der Waals surface area contributed by atoms with E-state index in [0.717, 1.165) is 24.9 Å². The van der Waals surface area contributed by atoms with Crippen LogP contribution in [0.5, 0.6) is 0 Å². The van der Waals surface area contributed by atoms with Crippen molar-refractivity contribution < 1.29 is 9.59 Å². The number of hydrogen-bond donors (Lipinski definition) is 2. The number of carbonyl (C=O) groups excluding carboxylic acids is 2. The molecular weight excluding hydrogens is 302 g/mol. The monoisotopic (exact) mass is 329 g/mol. The van der Waals surface area contributed by atoms with E-state index < -0.39 is 0 Å². The third kappa shape index (κ3) is 3.71. The summed E-state index contributed by atoms with van der Waals surface area (Å²) in [5, 5.41) is 5.93. The molecule has 1 heterocycles. The van der Waals surface area contributed by atoms with E-state index in [4.69, 9.17) is 0 Å². The molecule has 2 N–H and O–H groups in total. The zero-order valence-electron chi connectivity index (χ0n) is 14.8. The van der Waals surface area contributed by atoms with Crippen molar-refractivity contribution in [2.45, 2.75) is 52.1 Å². The molecule has 1 aromatic carbocycles. The number of hydrogen-bond acceptors (Lipinski definition) is 2. The summed E-state index contributed by atoms with van der Waals surface area (Å²) >= 11 is 0. The summed E-state index contributed by atoms with van der Waals surface area (Å²) in [7, 11) is 0. The summed E-state index contributed by atoms with van der Waals surface area (Å²) in [6, 6.07) is 6.41. The third-order valence-corrected chi connectivity index (χ3v) is 5.24. The van der Waals surface area contributed by atoms with Crippen LogP contribution in [0.25, 0.3) is 0 Å². The van der Waals surface area contributed by atoms with E-state index in [2.05, 4.69) is 36.6 Å². The topological polar surface area (TPSA) is 61.4 Å². The van der Waals surface area contributed by atoms with E-state index in [9.17, 15) is 9.59 Å². The number of aryl methyl sites for hydroxylation is 1. The maximum Gasteiger partial charge on any atom is 0.315 e. The van der Waals surface area contributed by atoms with Gasteiger partial charge in [0.2, 0.25) is 5.91 Å². The van der Waals surface area contributed by atoms with Crippen LogP contribution in [-0.4, -0.2) is 36.0 Å². The first-order chi connectivity index (χ1) is 11.5. The van der Waals surface area contributed by atoms with Gasteiger partial charge < -0.3 is 15.5 Å². The van der Waals surface area contributed by atoms with Gasteiger partial charge in [0.15, 0.2) is 0 Å². The molecule has 5 nitrogen and oxygen atoms in total. The molecule has 3 rings (SSSR count). The van der Waals surface area contributed by atoms with Crippen molar-refractivity contribution in [2.75, 3.05) is 13.1 Å². The van der Waals surface area contributed by atoms with E-state index in [1.54, 1.807) is 0 Å². The molecule has 1 saturated carbocycles. The quantitative estimate of drug-likeness (QED) is 0.872. The number of benzene rings is 1. The van der Waals surface area contributed by atoms with Gasteiger partial charge in [-0.05, 0) is 50.3 Å². The van der Waals surface area contributed by atoms with Gasteiger partial charge in [-0.15, -0.1) is 0 Å². The van der Waals surface area contributed by atoms with Gasteiger partial charge in [-0.2, -0.15) is 0 Å². The largest absolute Gasteiger partial charge is 0.339 e. The lowest BCUT2D eigenvalue weighted by atomic mass is 9.98. The van der Waals surface area contributed by atoms with Crippen LogP contribution in [0.15, 0.2) is 18.2 Å². The van der Waals surface area contributed by atoms with Crippen LogP contribution in [-0.2, 0) is 4.79 Å². The average Bonchev–Trinajstić information content (AvgIpc) is 3.31. The van der Waals surface area contributed by atoms with E-state index in [1.165, 1.54) is 11.1 Å². The molecule has 5 heteroatoms. The summed E-state index contributed by atoms with van der Waals surface area (Å²) in [4.78, 5) is 26.1. The molecule has 1 aromatic rings. The average molecular weight is 329 g/mol. The molecule has 2 fully saturated rings. The van der Waals surface area contributed by atoms with Crippen molar-refractivity contribution in [1.29, 1.82) is 0 Å². The van der Waals surface area contributed by atoms with Gasteiger partial charge in [-0.25, -0.2) is 4.79 Å². The van der Waals surface area contributed by atoms with Crippen LogP contribution in [0.1, 0.15) is 48.9 Å². The Labute approximate surface area is 143 Å². The van der Waals surface area contributed by atoms with Crippen molar-refractivity contribution in [3.63, 3.8) is 0 Å². The van der Waals surface area contributed by atoms with Gasteiger partial charge in [0.25, 0.3) is 0 Å². The second-order valence-electron chi connectivity index (χ2n) is 7.21. The summed E-state index contributed by atoms with van der Waals surface area (Å²) in [5.41, 5.74) is 3.58. The Morgan fingerprint density at radius 3 is 2.79 bits per heavy atom. The Hall–Kier alpha value is -2.04. The summed E-state index contributed by atoms with van der Waals surface area (Å²) in [6.07, 6.45) is 2.84. The minimum absolute atomic E-state index is 0.0435. The predicted molar refractivity (Wildman–Crippen MR) is 93.7 cm³/mol. The second kappa shape index (κ2) is 6.83. The van der Waals surface area contributed by atoms with Crippen LogP contribution in [0, 0.1) is 19.8 Å². The maximum absolute atomic E-state index is 12.2. The summed E-state index contributed by atoms with van der Waals surface area (Å²) in [6.45, 7) is 7.50. The minimum atomic E-state index is -0.166. The number of carbonyl (C=O) groups is 2.